The zero-order valence-electron chi connectivity index (χ0n) is 30.0. The number of aryl methyl sites for hydroxylation is 1. The fraction of sp³-hybridized carbons (Fsp3) is 0.200. The van der Waals surface area contributed by atoms with E-state index in [2.05, 4.69) is 103 Å². The average molecular weight is 696 g/mol. The second kappa shape index (κ2) is 19.3. The lowest BCUT2D eigenvalue weighted by molar-refractivity contribution is -0.141. The van der Waals surface area contributed by atoms with E-state index in [0.29, 0.717) is 12.4 Å². The van der Waals surface area contributed by atoms with E-state index in [1.807, 2.05) is 42.5 Å². The zero-order valence-corrected chi connectivity index (χ0v) is 30.0. The highest BCUT2D eigenvalue weighted by atomic mass is 16.7. The highest BCUT2D eigenvalue weighted by molar-refractivity contribution is 5.79. The molecule has 52 heavy (non-hydrogen) atoms. The van der Waals surface area contributed by atoms with Crippen molar-refractivity contribution < 1.29 is 28.5 Å². The first kappa shape index (κ1) is 37.2. The lowest BCUT2D eigenvalue weighted by atomic mass is 10.1. The summed E-state index contributed by atoms with van der Waals surface area (Å²) in [4.78, 5) is 25.3. The first-order valence-electron chi connectivity index (χ1n) is 17.5. The van der Waals surface area contributed by atoms with E-state index < -0.39 is 6.16 Å². The Morgan fingerprint density at radius 1 is 0.558 bits per heavy atom. The predicted molar refractivity (Wildman–Crippen MR) is 210 cm³/mol. The van der Waals surface area contributed by atoms with Crippen molar-refractivity contribution in [1.82, 2.24) is 0 Å². The molecule has 5 aromatic carbocycles. The maximum absolute atomic E-state index is 12.2. The van der Waals surface area contributed by atoms with Crippen LogP contribution >= 0.6 is 0 Å². The van der Waals surface area contributed by atoms with Gasteiger partial charge in [0.15, 0.2) is 0 Å². The van der Waals surface area contributed by atoms with Crippen LogP contribution in [0.1, 0.15) is 60.4 Å². The maximum atomic E-state index is 12.2. The molecular weight excluding hydrogens is 650 g/mol. The molecule has 0 aliphatic rings. The number of anilines is 3. The molecule has 0 radical (unpaired) electrons. The Bertz CT molecular complexity index is 1950. The lowest BCUT2D eigenvalue weighted by Gasteiger charge is -2.26. The van der Waals surface area contributed by atoms with E-state index >= 15 is 0 Å². The van der Waals surface area contributed by atoms with Gasteiger partial charge in [0.1, 0.15) is 11.5 Å². The molecule has 0 heterocycles. The van der Waals surface area contributed by atoms with E-state index in [0.717, 1.165) is 70.7 Å². The molecule has 0 N–H and O–H groups in total. The fourth-order valence-corrected chi connectivity index (χ4v) is 5.48. The Kier molecular flexibility index (Phi) is 13.8. The molecule has 0 aliphatic heterocycles. The molecule has 0 aliphatic carbocycles. The largest absolute Gasteiger partial charge is 0.513 e. The summed E-state index contributed by atoms with van der Waals surface area (Å²) < 4.78 is 20.9. The molecule has 0 atom stereocenters. The van der Waals surface area contributed by atoms with Crippen molar-refractivity contribution in [2.45, 2.75) is 39.5 Å². The summed E-state index contributed by atoms with van der Waals surface area (Å²) in [5.74, 6) is 0.982. The fourth-order valence-electron chi connectivity index (χ4n) is 5.48. The minimum absolute atomic E-state index is 0.269. The van der Waals surface area contributed by atoms with Gasteiger partial charge in [0, 0.05) is 24.0 Å². The Morgan fingerprint density at radius 2 is 1.02 bits per heavy atom. The van der Waals surface area contributed by atoms with E-state index in [1.54, 1.807) is 19.2 Å². The third-order valence-corrected chi connectivity index (χ3v) is 8.25. The number of benzene rings is 5. The molecule has 5 rings (SSSR count). The SMILES string of the molecule is COc1cccc(/C=C/c2ccc(N(c3ccc(C)cc3)c3ccc(/C=C/c4cccc(OC(=O)OCCCCCCOC(C)=O)c4)cc3)cc2)c1. The van der Waals surface area contributed by atoms with Gasteiger partial charge in [-0.1, -0.05) is 90.5 Å². The minimum atomic E-state index is -0.728. The number of carbonyl (C=O) groups excluding carboxylic acids is 2. The van der Waals surface area contributed by atoms with Gasteiger partial charge in [0.25, 0.3) is 0 Å². The molecule has 0 saturated carbocycles. The summed E-state index contributed by atoms with van der Waals surface area (Å²) in [5, 5.41) is 0. The van der Waals surface area contributed by atoms with Crippen LogP contribution in [0.25, 0.3) is 24.3 Å². The quantitative estimate of drug-likeness (QED) is 0.0440. The van der Waals surface area contributed by atoms with Gasteiger partial charge in [-0.25, -0.2) is 4.79 Å². The maximum Gasteiger partial charge on any atom is 0.513 e. The van der Waals surface area contributed by atoms with E-state index in [1.165, 1.54) is 12.5 Å². The van der Waals surface area contributed by atoms with Crippen LogP contribution in [0.2, 0.25) is 0 Å². The van der Waals surface area contributed by atoms with Crippen LogP contribution in [0.5, 0.6) is 11.5 Å². The van der Waals surface area contributed by atoms with Crippen LogP contribution in [0, 0.1) is 6.92 Å². The normalized spacial score (nSPS) is 11.1. The van der Waals surface area contributed by atoms with Crippen molar-refractivity contribution >= 4 is 53.5 Å². The lowest BCUT2D eigenvalue weighted by Crippen LogP contribution is -2.11. The van der Waals surface area contributed by atoms with Crippen LogP contribution in [0.15, 0.2) is 121 Å². The number of ether oxygens (including phenoxy) is 4. The second-order valence-corrected chi connectivity index (χ2v) is 12.3. The molecule has 5 aromatic rings. The molecule has 0 unspecified atom stereocenters. The van der Waals surface area contributed by atoms with Gasteiger partial charge in [-0.05, 0) is 116 Å². The Balaban J connectivity index is 1.20. The van der Waals surface area contributed by atoms with Crippen molar-refractivity contribution in [2.75, 3.05) is 25.2 Å². The topological polar surface area (TPSA) is 74.3 Å². The summed E-state index contributed by atoms with van der Waals surface area (Å²) in [7, 11) is 1.68. The third kappa shape index (κ3) is 11.8. The number of methoxy groups -OCH3 is 1. The van der Waals surface area contributed by atoms with Crippen LogP contribution < -0.4 is 14.4 Å². The second-order valence-electron chi connectivity index (χ2n) is 12.3. The smallest absolute Gasteiger partial charge is 0.497 e. The molecule has 0 amide bonds. The van der Waals surface area contributed by atoms with Gasteiger partial charge in [-0.15, -0.1) is 0 Å². The molecule has 266 valence electrons. The van der Waals surface area contributed by atoms with Crippen molar-refractivity contribution in [3.8, 4) is 11.5 Å². The number of esters is 1. The average Bonchev–Trinajstić information content (AvgIpc) is 3.16. The zero-order chi connectivity index (χ0) is 36.5. The summed E-state index contributed by atoms with van der Waals surface area (Å²) in [6, 6.07) is 40.8. The van der Waals surface area contributed by atoms with Gasteiger partial charge in [-0.2, -0.15) is 0 Å². The highest BCUT2D eigenvalue weighted by Gasteiger charge is 2.12. The Hall–Kier alpha value is -6.08. The molecular formula is C45H45NO6. The summed E-state index contributed by atoms with van der Waals surface area (Å²) >= 11 is 0. The number of hydrogen-bond acceptors (Lipinski definition) is 7. The number of rotatable bonds is 16. The van der Waals surface area contributed by atoms with E-state index in [-0.39, 0.29) is 12.6 Å². The molecule has 7 heteroatoms. The van der Waals surface area contributed by atoms with Gasteiger partial charge in [0.2, 0.25) is 0 Å². The van der Waals surface area contributed by atoms with Gasteiger partial charge < -0.3 is 23.8 Å². The summed E-state index contributed by atoms with van der Waals surface area (Å²) in [5.41, 5.74) is 8.47. The van der Waals surface area contributed by atoms with Gasteiger partial charge >= 0.3 is 12.1 Å². The number of hydrogen-bond donors (Lipinski definition) is 0. The summed E-state index contributed by atoms with van der Waals surface area (Å²) in [6.45, 7) is 4.18. The number of unbranched alkanes of at least 4 members (excludes halogenated alkanes) is 3. The highest BCUT2D eigenvalue weighted by Crippen LogP contribution is 2.35. The van der Waals surface area contributed by atoms with Gasteiger partial charge in [0.05, 0.1) is 20.3 Å². The van der Waals surface area contributed by atoms with Crippen LogP contribution in [-0.4, -0.2) is 32.4 Å². The van der Waals surface area contributed by atoms with Crippen LogP contribution in [-0.2, 0) is 14.3 Å². The van der Waals surface area contributed by atoms with Crippen molar-refractivity contribution in [1.29, 1.82) is 0 Å². The first-order chi connectivity index (χ1) is 25.4. The standard InChI is InChI=1S/C45H45NO6/c1-34-14-24-40(25-15-34)46(41-26-20-36(21-27-41)16-18-38-10-8-12-43(32-38)49-3)42-28-22-37(23-29-42)17-19-39-11-9-13-44(33-39)52-45(48)51-31-7-5-4-6-30-50-35(2)47/h8-29,32-33H,4-7,30-31H2,1-3H3/b18-16+,19-17+. The monoisotopic (exact) mass is 695 g/mol. The van der Waals surface area contributed by atoms with Crippen molar-refractivity contribution in [3.63, 3.8) is 0 Å². The minimum Gasteiger partial charge on any atom is -0.497 e. The first-order valence-corrected chi connectivity index (χ1v) is 17.5. The molecule has 0 aromatic heterocycles. The third-order valence-electron chi connectivity index (χ3n) is 8.25. The van der Waals surface area contributed by atoms with Crippen LogP contribution in [0.3, 0.4) is 0 Å². The van der Waals surface area contributed by atoms with Crippen LogP contribution in [0.4, 0.5) is 21.9 Å². The Labute approximate surface area is 306 Å². The summed E-state index contributed by atoms with van der Waals surface area (Å²) in [6.07, 6.45) is 10.8. The van der Waals surface area contributed by atoms with Crippen molar-refractivity contribution in [2.24, 2.45) is 0 Å². The molecule has 0 saturated heterocycles. The molecule has 0 bridgehead atoms. The molecule has 0 spiro atoms. The number of nitrogens with zero attached hydrogens (tertiary/aromatic N) is 1. The van der Waals surface area contributed by atoms with Gasteiger partial charge in [-0.3, -0.25) is 4.79 Å². The Morgan fingerprint density at radius 3 is 1.54 bits per heavy atom. The van der Waals surface area contributed by atoms with Crippen molar-refractivity contribution in [3.05, 3.63) is 149 Å². The predicted octanol–water partition coefficient (Wildman–Crippen LogP) is 11.5. The van der Waals surface area contributed by atoms with E-state index in [4.69, 9.17) is 18.9 Å². The molecule has 7 nitrogen and oxygen atoms in total. The van der Waals surface area contributed by atoms with E-state index in [9.17, 15) is 9.59 Å². The molecule has 0 fully saturated rings. The number of carbonyl (C=O) groups is 2.